The SMILES string of the molecule is CCOc1cc(/C=C(/C#N)C(=O)Nc2cccc(C)c2C)ccc1OCC(=O)Nc1ccccc1Cl. The largest absolute Gasteiger partial charge is 0.490 e. The highest BCUT2D eigenvalue weighted by molar-refractivity contribution is 6.33. The number of rotatable bonds is 9. The highest BCUT2D eigenvalue weighted by atomic mass is 35.5. The van der Waals surface area contributed by atoms with Crippen molar-refractivity contribution >= 4 is 40.9 Å². The van der Waals surface area contributed by atoms with E-state index in [1.165, 1.54) is 6.08 Å². The molecule has 0 fully saturated rings. The van der Waals surface area contributed by atoms with Crippen LogP contribution in [0.25, 0.3) is 6.08 Å². The molecule has 0 aliphatic carbocycles. The number of benzene rings is 3. The van der Waals surface area contributed by atoms with E-state index < -0.39 is 5.91 Å². The van der Waals surface area contributed by atoms with Crippen LogP contribution >= 0.6 is 11.6 Å². The lowest BCUT2D eigenvalue weighted by atomic mass is 10.1. The van der Waals surface area contributed by atoms with Crippen molar-refractivity contribution in [2.24, 2.45) is 0 Å². The van der Waals surface area contributed by atoms with Crippen molar-refractivity contribution in [1.29, 1.82) is 5.26 Å². The first kappa shape index (κ1) is 26.3. The highest BCUT2D eigenvalue weighted by Gasteiger charge is 2.14. The molecule has 7 nitrogen and oxygen atoms in total. The van der Waals surface area contributed by atoms with Crippen LogP contribution < -0.4 is 20.1 Å². The van der Waals surface area contributed by atoms with Gasteiger partial charge in [-0.25, -0.2) is 0 Å². The molecule has 0 spiro atoms. The molecule has 0 atom stereocenters. The van der Waals surface area contributed by atoms with Crippen LogP contribution in [0, 0.1) is 25.2 Å². The second-order valence-electron chi connectivity index (χ2n) is 7.83. The second kappa shape index (κ2) is 12.4. The maximum atomic E-state index is 12.7. The summed E-state index contributed by atoms with van der Waals surface area (Å²) in [5.74, 6) is -0.171. The minimum absolute atomic E-state index is 0.0638. The third kappa shape index (κ3) is 6.87. The lowest BCUT2D eigenvalue weighted by Gasteiger charge is -2.13. The number of halogens is 1. The third-order valence-corrected chi connectivity index (χ3v) is 5.63. The van der Waals surface area contributed by atoms with E-state index in [9.17, 15) is 14.9 Å². The van der Waals surface area contributed by atoms with E-state index in [2.05, 4.69) is 10.6 Å². The van der Waals surface area contributed by atoms with Crippen molar-refractivity contribution in [3.05, 3.63) is 87.9 Å². The molecule has 0 bridgehead atoms. The first-order valence-electron chi connectivity index (χ1n) is 11.3. The van der Waals surface area contributed by atoms with Crippen LogP contribution in [0.15, 0.2) is 66.2 Å². The standard InChI is InChI=1S/C28H26ClN3O4/c1-4-35-26-15-20(14-21(16-30)28(34)32-23-11-7-8-18(2)19(23)3)12-13-25(26)36-17-27(33)31-24-10-6-5-9-22(24)29/h5-15H,4,17H2,1-3H3,(H,31,33)(H,32,34)/b21-14-. The molecule has 2 amide bonds. The molecule has 3 aromatic carbocycles. The van der Waals surface area contributed by atoms with Crippen molar-refractivity contribution < 1.29 is 19.1 Å². The molecule has 0 aromatic heterocycles. The number of amides is 2. The molecule has 0 saturated heterocycles. The molecule has 2 N–H and O–H groups in total. The highest BCUT2D eigenvalue weighted by Crippen LogP contribution is 2.30. The van der Waals surface area contributed by atoms with E-state index >= 15 is 0 Å². The fourth-order valence-corrected chi connectivity index (χ4v) is 3.47. The Labute approximate surface area is 215 Å². The summed E-state index contributed by atoms with van der Waals surface area (Å²) >= 11 is 6.07. The molecule has 0 heterocycles. The van der Waals surface area contributed by atoms with Gasteiger partial charge in [-0.1, -0.05) is 41.9 Å². The van der Waals surface area contributed by atoms with Crippen LogP contribution in [0.1, 0.15) is 23.6 Å². The zero-order valence-corrected chi connectivity index (χ0v) is 21.0. The van der Waals surface area contributed by atoms with Gasteiger partial charge in [0.05, 0.1) is 17.3 Å². The van der Waals surface area contributed by atoms with Gasteiger partial charge in [0, 0.05) is 5.69 Å². The number of hydrogen-bond acceptors (Lipinski definition) is 5. The summed E-state index contributed by atoms with van der Waals surface area (Å²) in [4.78, 5) is 25.0. The van der Waals surface area contributed by atoms with Gasteiger partial charge in [0.1, 0.15) is 11.6 Å². The Kier molecular flexibility index (Phi) is 9.09. The molecular weight excluding hydrogens is 478 g/mol. The minimum atomic E-state index is -0.513. The number of nitrogens with one attached hydrogen (secondary N) is 2. The van der Waals surface area contributed by atoms with Crippen molar-refractivity contribution in [1.82, 2.24) is 0 Å². The van der Waals surface area contributed by atoms with Crippen LogP contribution in [0.4, 0.5) is 11.4 Å². The second-order valence-corrected chi connectivity index (χ2v) is 8.23. The molecule has 3 rings (SSSR count). The van der Waals surface area contributed by atoms with Crippen LogP contribution in [0.2, 0.25) is 5.02 Å². The number of hydrogen-bond donors (Lipinski definition) is 2. The van der Waals surface area contributed by atoms with Crippen molar-refractivity contribution in [2.45, 2.75) is 20.8 Å². The number of anilines is 2. The monoisotopic (exact) mass is 503 g/mol. The lowest BCUT2D eigenvalue weighted by molar-refractivity contribution is -0.118. The number of aryl methyl sites for hydroxylation is 1. The Morgan fingerprint density at radius 1 is 0.972 bits per heavy atom. The molecule has 3 aromatic rings. The fourth-order valence-electron chi connectivity index (χ4n) is 3.29. The normalized spacial score (nSPS) is 10.8. The number of carbonyl (C=O) groups excluding carboxylic acids is 2. The summed E-state index contributed by atoms with van der Waals surface area (Å²) in [6.45, 7) is 5.76. The van der Waals surface area contributed by atoms with Gasteiger partial charge in [0.25, 0.3) is 11.8 Å². The fraction of sp³-hybridized carbons (Fsp3) is 0.179. The van der Waals surface area contributed by atoms with E-state index in [4.69, 9.17) is 21.1 Å². The summed E-state index contributed by atoms with van der Waals surface area (Å²) in [6.07, 6.45) is 1.47. The summed E-state index contributed by atoms with van der Waals surface area (Å²) in [5.41, 5.74) is 3.61. The zero-order valence-electron chi connectivity index (χ0n) is 20.2. The summed E-state index contributed by atoms with van der Waals surface area (Å²) in [6, 6.07) is 19.4. The van der Waals surface area contributed by atoms with E-state index in [1.54, 1.807) is 48.5 Å². The summed E-state index contributed by atoms with van der Waals surface area (Å²) in [5, 5.41) is 15.5. The molecule has 0 aliphatic heterocycles. The van der Waals surface area contributed by atoms with Gasteiger partial charge in [0.2, 0.25) is 0 Å². The smallest absolute Gasteiger partial charge is 0.266 e. The first-order chi connectivity index (χ1) is 17.3. The van der Waals surface area contributed by atoms with Crippen LogP contribution in [-0.2, 0) is 9.59 Å². The topological polar surface area (TPSA) is 100 Å². The number of nitrogens with zero attached hydrogens (tertiary/aromatic N) is 1. The maximum absolute atomic E-state index is 12.7. The average molecular weight is 504 g/mol. The molecule has 36 heavy (non-hydrogen) atoms. The number of carbonyl (C=O) groups is 2. The Balaban J connectivity index is 1.74. The predicted molar refractivity (Wildman–Crippen MR) is 141 cm³/mol. The zero-order chi connectivity index (χ0) is 26.1. The Morgan fingerprint density at radius 2 is 1.72 bits per heavy atom. The van der Waals surface area contributed by atoms with Gasteiger partial charge in [-0.15, -0.1) is 0 Å². The van der Waals surface area contributed by atoms with E-state index in [0.717, 1.165) is 11.1 Å². The predicted octanol–water partition coefficient (Wildman–Crippen LogP) is 5.92. The maximum Gasteiger partial charge on any atom is 0.266 e. The molecule has 8 heteroatoms. The van der Waals surface area contributed by atoms with Gasteiger partial charge in [0.15, 0.2) is 18.1 Å². The molecule has 184 valence electrons. The number of nitriles is 1. The minimum Gasteiger partial charge on any atom is -0.490 e. The molecular formula is C28H26ClN3O4. The van der Waals surface area contributed by atoms with Gasteiger partial charge in [-0.3, -0.25) is 9.59 Å². The molecule has 0 unspecified atom stereocenters. The summed E-state index contributed by atoms with van der Waals surface area (Å²) < 4.78 is 11.3. The van der Waals surface area contributed by atoms with Gasteiger partial charge in [-0.2, -0.15) is 5.26 Å². The van der Waals surface area contributed by atoms with Gasteiger partial charge < -0.3 is 20.1 Å². The Bertz CT molecular complexity index is 1340. The quantitative estimate of drug-likeness (QED) is 0.279. The molecule has 0 radical (unpaired) electrons. The van der Waals surface area contributed by atoms with E-state index in [1.807, 2.05) is 39.0 Å². The third-order valence-electron chi connectivity index (χ3n) is 5.30. The lowest BCUT2D eigenvalue weighted by Crippen LogP contribution is -2.20. The van der Waals surface area contributed by atoms with Gasteiger partial charge in [-0.05, 0) is 73.9 Å². The Hall–Kier alpha value is -4.28. The first-order valence-corrected chi connectivity index (χ1v) is 11.6. The van der Waals surface area contributed by atoms with Crippen molar-refractivity contribution in [3.63, 3.8) is 0 Å². The van der Waals surface area contributed by atoms with E-state index in [0.29, 0.717) is 40.1 Å². The molecule has 0 saturated carbocycles. The van der Waals surface area contributed by atoms with Crippen LogP contribution in [0.5, 0.6) is 11.5 Å². The number of ether oxygens (including phenoxy) is 2. The summed E-state index contributed by atoms with van der Waals surface area (Å²) in [7, 11) is 0. The van der Waals surface area contributed by atoms with Gasteiger partial charge >= 0.3 is 0 Å². The molecule has 0 aliphatic rings. The van der Waals surface area contributed by atoms with Crippen molar-refractivity contribution in [3.8, 4) is 17.6 Å². The van der Waals surface area contributed by atoms with E-state index in [-0.39, 0.29) is 18.1 Å². The number of para-hydroxylation sites is 1. The van der Waals surface area contributed by atoms with Crippen LogP contribution in [0.3, 0.4) is 0 Å². The average Bonchev–Trinajstić information content (AvgIpc) is 2.86. The Morgan fingerprint density at radius 3 is 2.44 bits per heavy atom. The van der Waals surface area contributed by atoms with Crippen LogP contribution in [-0.4, -0.2) is 25.0 Å². The van der Waals surface area contributed by atoms with Crippen molar-refractivity contribution in [2.75, 3.05) is 23.8 Å².